The van der Waals surface area contributed by atoms with Crippen molar-refractivity contribution in [1.29, 1.82) is 0 Å². The summed E-state index contributed by atoms with van der Waals surface area (Å²) in [5.41, 5.74) is 3.32. The number of rotatable bonds is 5. The Kier molecular flexibility index (Phi) is 5.16. The van der Waals surface area contributed by atoms with E-state index in [2.05, 4.69) is 19.3 Å². The van der Waals surface area contributed by atoms with Crippen LogP contribution in [0, 0.1) is 5.92 Å². The molecule has 0 spiro atoms. The van der Waals surface area contributed by atoms with E-state index in [-0.39, 0.29) is 11.8 Å². The van der Waals surface area contributed by atoms with Crippen molar-refractivity contribution < 1.29 is 9.53 Å². The first kappa shape index (κ1) is 14.5. The maximum Gasteiger partial charge on any atom is 0.275 e. The number of nitrogens with one attached hydrogen (secondary N) is 1. The Labute approximate surface area is 108 Å². The van der Waals surface area contributed by atoms with Gasteiger partial charge in [-0.1, -0.05) is 39.8 Å². The lowest BCUT2D eigenvalue weighted by atomic mass is 10.0. The third kappa shape index (κ3) is 3.74. The van der Waals surface area contributed by atoms with Gasteiger partial charge in [-0.3, -0.25) is 10.2 Å². The molecule has 0 saturated heterocycles. The van der Waals surface area contributed by atoms with E-state index in [9.17, 15) is 4.79 Å². The van der Waals surface area contributed by atoms with Crippen LogP contribution in [0.4, 0.5) is 0 Å². The van der Waals surface area contributed by atoms with Gasteiger partial charge in [-0.15, -0.1) is 0 Å². The van der Waals surface area contributed by atoms with Crippen molar-refractivity contribution in [3.05, 3.63) is 29.8 Å². The van der Waals surface area contributed by atoms with E-state index in [0.717, 1.165) is 0 Å². The van der Waals surface area contributed by atoms with Crippen LogP contribution >= 0.6 is 0 Å². The average Bonchev–Trinajstić information content (AvgIpc) is 2.35. The monoisotopic (exact) mass is 250 g/mol. The van der Waals surface area contributed by atoms with E-state index in [1.54, 1.807) is 0 Å². The fourth-order valence-corrected chi connectivity index (χ4v) is 1.67. The van der Waals surface area contributed by atoms with Crippen molar-refractivity contribution in [2.75, 3.05) is 0 Å². The second-order valence-electron chi connectivity index (χ2n) is 5.02. The van der Waals surface area contributed by atoms with E-state index in [1.165, 1.54) is 5.56 Å². The topological polar surface area (TPSA) is 64.3 Å². The minimum absolute atomic E-state index is 0.0521. The van der Waals surface area contributed by atoms with Gasteiger partial charge in [0.25, 0.3) is 5.91 Å². The number of carbonyl (C=O) groups is 1. The molecule has 1 unspecified atom stereocenters. The zero-order valence-corrected chi connectivity index (χ0v) is 11.4. The number of hydrogen-bond donors (Lipinski definition) is 2. The number of amides is 1. The zero-order valence-electron chi connectivity index (χ0n) is 11.4. The quantitative estimate of drug-likeness (QED) is 0.478. The van der Waals surface area contributed by atoms with E-state index < -0.39 is 6.10 Å². The van der Waals surface area contributed by atoms with Crippen LogP contribution in [0.5, 0.6) is 5.75 Å². The molecule has 0 aliphatic heterocycles. The molecule has 0 aliphatic rings. The minimum atomic E-state index is -0.572. The van der Waals surface area contributed by atoms with E-state index >= 15 is 0 Å². The van der Waals surface area contributed by atoms with Gasteiger partial charge < -0.3 is 4.74 Å². The molecule has 0 heterocycles. The molecular weight excluding hydrogens is 228 g/mol. The summed E-state index contributed by atoms with van der Waals surface area (Å²) in [4.78, 5) is 11.6. The maximum absolute atomic E-state index is 11.6. The predicted octanol–water partition coefficient (Wildman–Crippen LogP) is 2.20. The Morgan fingerprint density at radius 3 is 2.44 bits per heavy atom. The molecule has 1 aromatic carbocycles. The SMILES string of the molecule is CC(C)c1cccc(OC(C(=O)NN)C(C)C)c1. The van der Waals surface area contributed by atoms with E-state index in [1.807, 2.05) is 38.1 Å². The molecule has 100 valence electrons. The summed E-state index contributed by atoms with van der Waals surface area (Å²) >= 11 is 0. The third-order valence-electron chi connectivity index (χ3n) is 2.79. The Bertz CT molecular complexity index is 403. The second-order valence-corrected chi connectivity index (χ2v) is 5.02. The molecule has 0 fully saturated rings. The Hall–Kier alpha value is -1.55. The highest BCUT2D eigenvalue weighted by Gasteiger charge is 2.23. The molecule has 4 heteroatoms. The van der Waals surface area contributed by atoms with Crippen LogP contribution < -0.4 is 16.0 Å². The number of nitrogens with two attached hydrogens (primary N) is 1. The van der Waals surface area contributed by atoms with Gasteiger partial charge >= 0.3 is 0 Å². The molecule has 0 bridgehead atoms. The van der Waals surface area contributed by atoms with Crippen LogP contribution in [-0.2, 0) is 4.79 Å². The van der Waals surface area contributed by atoms with Gasteiger partial charge in [0.05, 0.1) is 0 Å². The summed E-state index contributed by atoms with van der Waals surface area (Å²) in [7, 11) is 0. The Morgan fingerprint density at radius 2 is 1.94 bits per heavy atom. The van der Waals surface area contributed by atoms with Gasteiger partial charge in [0.2, 0.25) is 0 Å². The van der Waals surface area contributed by atoms with Gasteiger partial charge in [-0.05, 0) is 29.5 Å². The largest absolute Gasteiger partial charge is 0.480 e. The summed E-state index contributed by atoms with van der Waals surface area (Å²) in [6, 6.07) is 7.79. The summed E-state index contributed by atoms with van der Waals surface area (Å²) in [5, 5.41) is 0. The summed E-state index contributed by atoms with van der Waals surface area (Å²) in [6.07, 6.45) is -0.572. The minimum Gasteiger partial charge on any atom is -0.480 e. The van der Waals surface area contributed by atoms with E-state index in [4.69, 9.17) is 10.6 Å². The summed E-state index contributed by atoms with van der Waals surface area (Å²) in [5.74, 6) is 6.03. The predicted molar refractivity (Wildman–Crippen MR) is 72.1 cm³/mol. The first-order valence-electron chi connectivity index (χ1n) is 6.22. The number of hydrogen-bond acceptors (Lipinski definition) is 3. The Balaban J connectivity index is 2.87. The molecule has 1 rings (SSSR count). The fraction of sp³-hybridized carbons (Fsp3) is 0.500. The Morgan fingerprint density at radius 1 is 1.28 bits per heavy atom. The smallest absolute Gasteiger partial charge is 0.275 e. The van der Waals surface area contributed by atoms with Crippen LogP contribution in [0.3, 0.4) is 0 Å². The highest BCUT2D eigenvalue weighted by molar-refractivity contribution is 5.80. The second kappa shape index (κ2) is 6.40. The van der Waals surface area contributed by atoms with Crippen LogP contribution in [0.25, 0.3) is 0 Å². The summed E-state index contributed by atoms with van der Waals surface area (Å²) in [6.45, 7) is 8.08. The maximum atomic E-state index is 11.6. The van der Waals surface area contributed by atoms with Crippen molar-refractivity contribution in [2.24, 2.45) is 11.8 Å². The van der Waals surface area contributed by atoms with Crippen molar-refractivity contribution in [3.63, 3.8) is 0 Å². The van der Waals surface area contributed by atoms with Gasteiger partial charge in [0.15, 0.2) is 6.10 Å². The number of ether oxygens (including phenoxy) is 1. The molecule has 3 N–H and O–H groups in total. The van der Waals surface area contributed by atoms with Crippen LogP contribution in [0.1, 0.15) is 39.2 Å². The van der Waals surface area contributed by atoms with Gasteiger partial charge in [0, 0.05) is 0 Å². The normalized spacial score (nSPS) is 12.6. The van der Waals surface area contributed by atoms with Crippen molar-refractivity contribution in [2.45, 2.75) is 39.7 Å². The molecule has 1 atom stereocenters. The lowest BCUT2D eigenvalue weighted by Crippen LogP contribution is -2.44. The molecule has 1 aromatic rings. The summed E-state index contributed by atoms with van der Waals surface area (Å²) < 4.78 is 5.73. The first-order valence-corrected chi connectivity index (χ1v) is 6.22. The zero-order chi connectivity index (χ0) is 13.7. The van der Waals surface area contributed by atoms with Crippen LogP contribution in [0.15, 0.2) is 24.3 Å². The molecular formula is C14H22N2O2. The molecule has 0 aromatic heterocycles. The number of benzene rings is 1. The molecule has 4 nitrogen and oxygen atoms in total. The van der Waals surface area contributed by atoms with Crippen LogP contribution in [-0.4, -0.2) is 12.0 Å². The molecule has 0 saturated carbocycles. The first-order chi connectivity index (χ1) is 8.45. The lowest BCUT2D eigenvalue weighted by molar-refractivity contribution is -0.129. The highest BCUT2D eigenvalue weighted by Crippen LogP contribution is 2.22. The van der Waals surface area contributed by atoms with Gasteiger partial charge in [-0.25, -0.2) is 5.84 Å². The van der Waals surface area contributed by atoms with E-state index in [0.29, 0.717) is 11.7 Å². The molecule has 0 radical (unpaired) electrons. The third-order valence-corrected chi connectivity index (χ3v) is 2.79. The van der Waals surface area contributed by atoms with Crippen molar-refractivity contribution >= 4 is 5.91 Å². The molecule has 1 amide bonds. The fourth-order valence-electron chi connectivity index (χ4n) is 1.67. The highest BCUT2D eigenvalue weighted by atomic mass is 16.5. The number of carbonyl (C=O) groups excluding carboxylic acids is 1. The van der Waals surface area contributed by atoms with Crippen molar-refractivity contribution in [3.8, 4) is 5.75 Å². The number of hydrazine groups is 1. The van der Waals surface area contributed by atoms with Crippen molar-refractivity contribution in [1.82, 2.24) is 5.43 Å². The van der Waals surface area contributed by atoms with Crippen LogP contribution in [0.2, 0.25) is 0 Å². The molecule has 18 heavy (non-hydrogen) atoms. The lowest BCUT2D eigenvalue weighted by Gasteiger charge is -2.21. The standard InChI is InChI=1S/C14H22N2O2/c1-9(2)11-6-5-7-12(8-11)18-13(10(3)4)14(17)16-15/h5-10,13H,15H2,1-4H3,(H,16,17). The van der Waals surface area contributed by atoms with Gasteiger partial charge in [0.1, 0.15) is 5.75 Å². The molecule has 0 aliphatic carbocycles. The van der Waals surface area contributed by atoms with Gasteiger partial charge in [-0.2, -0.15) is 0 Å². The average molecular weight is 250 g/mol.